The van der Waals surface area contributed by atoms with Crippen LogP contribution in [0, 0.1) is 0 Å². The van der Waals surface area contributed by atoms with Crippen molar-refractivity contribution in [1.82, 2.24) is 0 Å². The summed E-state index contributed by atoms with van der Waals surface area (Å²) >= 11 is 7.34. The van der Waals surface area contributed by atoms with Crippen LogP contribution in [0.5, 0.6) is 0 Å². The van der Waals surface area contributed by atoms with Gasteiger partial charge in [-0.1, -0.05) is 29.8 Å². The third-order valence-corrected chi connectivity index (χ3v) is 4.08. The molecule has 0 spiro atoms. The van der Waals surface area contributed by atoms with Crippen LogP contribution in [0.25, 0.3) is 0 Å². The van der Waals surface area contributed by atoms with Gasteiger partial charge in [-0.3, -0.25) is 4.79 Å². The van der Waals surface area contributed by atoms with E-state index in [9.17, 15) is 9.59 Å². The van der Waals surface area contributed by atoms with Crippen molar-refractivity contribution in [3.05, 3.63) is 59.1 Å². The van der Waals surface area contributed by atoms with Crippen LogP contribution in [0.4, 0.5) is 16.2 Å². The Balaban J connectivity index is 1.80. The van der Waals surface area contributed by atoms with Gasteiger partial charge >= 0.3 is 6.03 Å². The highest BCUT2D eigenvalue weighted by atomic mass is 35.5. The average molecular weight is 350 g/mol. The molecule has 0 fully saturated rings. The Labute approximate surface area is 143 Å². The maximum absolute atomic E-state index is 11.9. The van der Waals surface area contributed by atoms with Gasteiger partial charge in [0.25, 0.3) is 0 Å². The largest absolute Gasteiger partial charge is 0.351 e. The molecule has 0 aliphatic heterocycles. The molecule has 0 saturated carbocycles. The van der Waals surface area contributed by atoms with Crippen LogP contribution in [0.15, 0.2) is 48.5 Å². The van der Waals surface area contributed by atoms with Crippen molar-refractivity contribution in [2.24, 2.45) is 5.73 Å². The van der Waals surface area contributed by atoms with Gasteiger partial charge in [-0.2, -0.15) is 0 Å². The predicted octanol–water partition coefficient (Wildman–Crippen LogP) is 3.70. The number of hydrogen-bond donors (Lipinski definition) is 3. The molecule has 0 atom stereocenters. The molecule has 2 aromatic rings. The van der Waals surface area contributed by atoms with Crippen LogP contribution in [0.3, 0.4) is 0 Å². The third kappa shape index (κ3) is 6.22. The zero-order valence-corrected chi connectivity index (χ0v) is 13.8. The van der Waals surface area contributed by atoms with Crippen molar-refractivity contribution >= 4 is 46.7 Å². The monoisotopic (exact) mass is 349 g/mol. The van der Waals surface area contributed by atoms with E-state index in [1.807, 2.05) is 24.3 Å². The van der Waals surface area contributed by atoms with Crippen molar-refractivity contribution in [2.45, 2.75) is 5.75 Å². The van der Waals surface area contributed by atoms with Crippen LogP contribution in [-0.4, -0.2) is 17.7 Å². The molecule has 0 radical (unpaired) electrons. The molecule has 4 N–H and O–H groups in total. The summed E-state index contributed by atoms with van der Waals surface area (Å²) in [6.07, 6.45) is 0. The standard InChI is InChI=1S/C16H16ClN3O2S/c17-12-6-4-11(5-7-12)9-23-10-15(21)19-13-2-1-3-14(8-13)20-16(18)22/h1-8H,9-10H2,(H,19,21)(H3,18,20,22). The van der Waals surface area contributed by atoms with E-state index in [2.05, 4.69) is 10.6 Å². The van der Waals surface area contributed by atoms with E-state index < -0.39 is 6.03 Å². The molecular formula is C16H16ClN3O2S. The first-order valence-corrected chi connectivity index (χ1v) is 8.35. The zero-order valence-electron chi connectivity index (χ0n) is 12.2. The van der Waals surface area contributed by atoms with Crippen molar-refractivity contribution < 1.29 is 9.59 Å². The number of anilines is 2. The molecule has 0 unspecified atom stereocenters. The summed E-state index contributed by atoms with van der Waals surface area (Å²) in [7, 11) is 0. The number of carbonyl (C=O) groups excluding carboxylic acids is 2. The first-order chi connectivity index (χ1) is 11.0. The minimum absolute atomic E-state index is 0.111. The van der Waals surface area contributed by atoms with Gasteiger partial charge in [-0.15, -0.1) is 11.8 Å². The van der Waals surface area contributed by atoms with Crippen LogP contribution >= 0.6 is 23.4 Å². The van der Waals surface area contributed by atoms with E-state index >= 15 is 0 Å². The summed E-state index contributed by atoms with van der Waals surface area (Å²) < 4.78 is 0. The van der Waals surface area contributed by atoms with Gasteiger partial charge in [-0.05, 0) is 35.9 Å². The lowest BCUT2D eigenvalue weighted by Gasteiger charge is -2.08. The Morgan fingerprint density at radius 2 is 1.70 bits per heavy atom. The minimum atomic E-state index is -0.646. The van der Waals surface area contributed by atoms with Gasteiger partial charge in [0.1, 0.15) is 0 Å². The Morgan fingerprint density at radius 1 is 1.04 bits per heavy atom. The molecule has 0 aromatic heterocycles. The van der Waals surface area contributed by atoms with Gasteiger partial charge in [0.2, 0.25) is 5.91 Å². The lowest BCUT2D eigenvalue weighted by molar-refractivity contribution is -0.113. The number of primary amides is 1. The Kier molecular flexibility index (Phi) is 6.31. The lowest BCUT2D eigenvalue weighted by atomic mass is 10.2. The van der Waals surface area contributed by atoms with Gasteiger partial charge in [0.05, 0.1) is 5.75 Å². The van der Waals surface area contributed by atoms with Gasteiger partial charge in [0.15, 0.2) is 0 Å². The van der Waals surface area contributed by atoms with Gasteiger partial charge in [0, 0.05) is 22.2 Å². The van der Waals surface area contributed by atoms with Crippen LogP contribution < -0.4 is 16.4 Å². The number of nitrogens with one attached hydrogen (secondary N) is 2. The topological polar surface area (TPSA) is 84.2 Å². The van der Waals surface area contributed by atoms with E-state index in [4.69, 9.17) is 17.3 Å². The van der Waals surface area contributed by atoms with Gasteiger partial charge < -0.3 is 16.4 Å². The zero-order chi connectivity index (χ0) is 16.7. The summed E-state index contributed by atoms with van der Waals surface area (Å²) in [6, 6.07) is 13.7. The summed E-state index contributed by atoms with van der Waals surface area (Å²) in [6.45, 7) is 0. The number of carbonyl (C=O) groups is 2. The average Bonchev–Trinajstić information content (AvgIpc) is 2.49. The Bertz CT molecular complexity index is 692. The van der Waals surface area contributed by atoms with Crippen LogP contribution in [0.2, 0.25) is 5.02 Å². The van der Waals surface area contributed by atoms with Crippen molar-refractivity contribution in [1.29, 1.82) is 0 Å². The molecule has 0 bridgehead atoms. The lowest BCUT2D eigenvalue weighted by Crippen LogP contribution is -2.19. The number of amides is 3. The maximum Gasteiger partial charge on any atom is 0.316 e. The number of urea groups is 1. The number of rotatable bonds is 6. The number of nitrogens with two attached hydrogens (primary N) is 1. The Morgan fingerprint density at radius 3 is 2.35 bits per heavy atom. The number of thioether (sulfide) groups is 1. The first-order valence-electron chi connectivity index (χ1n) is 6.81. The number of hydrogen-bond acceptors (Lipinski definition) is 3. The summed E-state index contributed by atoms with van der Waals surface area (Å²) in [5.74, 6) is 0.949. The Hall–Kier alpha value is -2.18. The quantitative estimate of drug-likeness (QED) is 0.743. The van der Waals surface area contributed by atoms with E-state index in [1.165, 1.54) is 11.8 Å². The molecule has 23 heavy (non-hydrogen) atoms. The number of halogens is 1. The molecule has 0 heterocycles. The molecule has 0 saturated heterocycles. The van der Waals surface area contributed by atoms with E-state index in [-0.39, 0.29) is 5.91 Å². The van der Waals surface area contributed by atoms with Crippen LogP contribution in [0.1, 0.15) is 5.56 Å². The second kappa shape index (κ2) is 8.45. The second-order valence-electron chi connectivity index (χ2n) is 4.74. The second-order valence-corrected chi connectivity index (χ2v) is 6.16. The molecular weight excluding hydrogens is 334 g/mol. The smallest absolute Gasteiger partial charge is 0.316 e. The summed E-state index contributed by atoms with van der Waals surface area (Å²) in [4.78, 5) is 22.7. The van der Waals surface area contributed by atoms with Crippen molar-refractivity contribution in [3.63, 3.8) is 0 Å². The third-order valence-electron chi connectivity index (χ3n) is 2.83. The minimum Gasteiger partial charge on any atom is -0.351 e. The highest BCUT2D eigenvalue weighted by Gasteiger charge is 2.04. The molecule has 120 valence electrons. The maximum atomic E-state index is 11.9. The fraction of sp³-hybridized carbons (Fsp3) is 0.125. The van der Waals surface area contributed by atoms with E-state index in [0.29, 0.717) is 22.2 Å². The van der Waals surface area contributed by atoms with Gasteiger partial charge in [-0.25, -0.2) is 4.79 Å². The summed E-state index contributed by atoms with van der Waals surface area (Å²) in [5.41, 5.74) is 7.30. The van der Waals surface area contributed by atoms with E-state index in [0.717, 1.165) is 11.3 Å². The molecule has 5 nitrogen and oxygen atoms in total. The highest BCUT2D eigenvalue weighted by molar-refractivity contribution is 7.99. The normalized spacial score (nSPS) is 10.1. The van der Waals surface area contributed by atoms with Crippen LogP contribution in [-0.2, 0) is 10.5 Å². The molecule has 0 aliphatic carbocycles. The molecule has 2 rings (SSSR count). The van der Waals surface area contributed by atoms with Crippen molar-refractivity contribution in [3.8, 4) is 0 Å². The SMILES string of the molecule is NC(=O)Nc1cccc(NC(=O)CSCc2ccc(Cl)cc2)c1. The highest BCUT2D eigenvalue weighted by Crippen LogP contribution is 2.17. The first kappa shape index (κ1) is 17.2. The molecule has 3 amide bonds. The fourth-order valence-electron chi connectivity index (χ4n) is 1.86. The molecule has 2 aromatic carbocycles. The summed E-state index contributed by atoms with van der Waals surface area (Å²) in [5, 5.41) is 5.93. The predicted molar refractivity (Wildman–Crippen MR) is 95.9 cm³/mol. The van der Waals surface area contributed by atoms with Crippen molar-refractivity contribution in [2.75, 3.05) is 16.4 Å². The fourth-order valence-corrected chi connectivity index (χ4v) is 2.77. The number of benzene rings is 2. The molecule has 7 heteroatoms. The molecule has 0 aliphatic rings. The van der Waals surface area contributed by atoms with E-state index in [1.54, 1.807) is 24.3 Å².